The summed E-state index contributed by atoms with van der Waals surface area (Å²) in [4.78, 5) is 27.9. The molecule has 2 amide bonds. The highest BCUT2D eigenvalue weighted by molar-refractivity contribution is 6.01. The molecule has 3 rings (SSSR count). The van der Waals surface area contributed by atoms with Crippen LogP contribution in [0, 0.1) is 6.92 Å². The second-order valence-corrected chi connectivity index (χ2v) is 5.40. The SMILES string of the molecule is Cc1nc2ccc(CN)cc2cc1C1CCC(=O)NC1=O. The zero-order chi connectivity index (χ0) is 15.0. The third kappa shape index (κ3) is 2.52. The van der Waals surface area contributed by atoms with Crippen LogP contribution >= 0.6 is 0 Å². The number of pyridine rings is 1. The Labute approximate surface area is 122 Å². The minimum Gasteiger partial charge on any atom is -0.326 e. The van der Waals surface area contributed by atoms with Gasteiger partial charge in [-0.3, -0.25) is 19.9 Å². The van der Waals surface area contributed by atoms with Gasteiger partial charge in [0, 0.05) is 24.0 Å². The van der Waals surface area contributed by atoms with Crippen LogP contribution < -0.4 is 11.1 Å². The van der Waals surface area contributed by atoms with E-state index in [-0.39, 0.29) is 17.7 Å². The zero-order valence-electron chi connectivity index (χ0n) is 11.8. The molecule has 1 aliphatic rings. The topological polar surface area (TPSA) is 85.1 Å². The molecule has 0 spiro atoms. The van der Waals surface area contributed by atoms with Gasteiger partial charge in [0.25, 0.3) is 0 Å². The highest BCUT2D eigenvalue weighted by Gasteiger charge is 2.29. The van der Waals surface area contributed by atoms with Gasteiger partial charge in [0.1, 0.15) is 0 Å². The lowest BCUT2D eigenvalue weighted by atomic mass is 9.88. The number of rotatable bonds is 2. The third-order valence-electron chi connectivity index (χ3n) is 3.96. The molecular formula is C16H17N3O2. The number of nitrogens with one attached hydrogen (secondary N) is 1. The van der Waals surface area contributed by atoms with E-state index in [2.05, 4.69) is 10.3 Å². The maximum atomic E-state index is 12.0. The van der Waals surface area contributed by atoms with Crippen molar-refractivity contribution in [2.24, 2.45) is 5.73 Å². The van der Waals surface area contributed by atoms with Crippen molar-refractivity contribution in [3.63, 3.8) is 0 Å². The van der Waals surface area contributed by atoms with Crippen molar-refractivity contribution in [3.05, 3.63) is 41.1 Å². The Bertz CT molecular complexity index is 740. The number of aryl methyl sites for hydroxylation is 1. The normalized spacial score (nSPS) is 18.9. The number of piperidine rings is 1. The maximum Gasteiger partial charge on any atom is 0.234 e. The van der Waals surface area contributed by atoms with Gasteiger partial charge in [-0.1, -0.05) is 6.07 Å². The summed E-state index contributed by atoms with van der Waals surface area (Å²) in [6.07, 6.45) is 0.909. The number of benzene rings is 1. The lowest BCUT2D eigenvalue weighted by Gasteiger charge is -2.22. The molecule has 1 aromatic heterocycles. The second kappa shape index (κ2) is 5.26. The smallest absolute Gasteiger partial charge is 0.234 e. The summed E-state index contributed by atoms with van der Waals surface area (Å²) in [6.45, 7) is 2.37. The Morgan fingerprint density at radius 2 is 2.14 bits per heavy atom. The van der Waals surface area contributed by atoms with E-state index in [4.69, 9.17) is 5.73 Å². The second-order valence-electron chi connectivity index (χ2n) is 5.40. The number of hydrogen-bond acceptors (Lipinski definition) is 4. The van der Waals surface area contributed by atoms with Crippen LogP contribution in [0.4, 0.5) is 0 Å². The van der Waals surface area contributed by atoms with Crippen molar-refractivity contribution in [1.29, 1.82) is 0 Å². The summed E-state index contributed by atoms with van der Waals surface area (Å²) in [5.41, 5.74) is 9.31. The molecule has 1 unspecified atom stereocenters. The molecule has 108 valence electrons. The number of amides is 2. The average molecular weight is 283 g/mol. The Balaban J connectivity index is 2.07. The number of carbonyl (C=O) groups is 2. The molecule has 0 aliphatic carbocycles. The van der Waals surface area contributed by atoms with Crippen LogP contribution in [0.25, 0.3) is 10.9 Å². The summed E-state index contributed by atoms with van der Waals surface area (Å²) in [5, 5.41) is 3.38. The van der Waals surface area contributed by atoms with Gasteiger partial charge in [0.2, 0.25) is 11.8 Å². The fourth-order valence-electron chi connectivity index (χ4n) is 2.81. The van der Waals surface area contributed by atoms with E-state index in [1.165, 1.54) is 0 Å². The predicted octanol–water partition coefficient (Wildman–Crippen LogP) is 1.52. The van der Waals surface area contributed by atoms with Gasteiger partial charge >= 0.3 is 0 Å². The van der Waals surface area contributed by atoms with Crippen molar-refractivity contribution in [2.45, 2.75) is 32.2 Å². The summed E-state index contributed by atoms with van der Waals surface area (Å²) < 4.78 is 0. The van der Waals surface area contributed by atoms with E-state index < -0.39 is 0 Å². The van der Waals surface area contributed by atoms with E-state index in [0.717, 1.165) is 27.7 Å². The van der Waals surface area contributed by atoms with Crippen LogP contribution in [-0.2, 0) is 16.1 Å². The molecule has 1 aromatic carbocycles. The lowest BCUT2D eigenvalue weighted by Crippen LogP contribution is -2.39. The highest BCUT2D eigenvalue weighted by atomic mass is 16.2. The Morgan fingerprint density at radius 1 is 1.33 bits per heavy atom. The third-order valence-corrected chi connectivity index (χ3v) is 3.96. The van der Waals surface area contributed by atoms with Gasteiger partial charge in [-0.05, 0) is 42.7 Å². The van der Waals surface area contributed by atoms with Crippen LogP contribution in [-0.4, -0.2) is 16.8 Å². The minimum absolute atomic E-state index is 0.201. The molecular weight excluding hydrogens is 266 g/mol. The first-order valence-corrected chi connectivity index (χ1v) is 7.02. The average Bonchev–Trinajstić information content (AvgIpc) is 2.46. The number of aromatic nitrogens is 1. The van der Waals surface area contributed by atoms with E-state index >= 15 is 0 Å². The highest BCUT2D eigenvalue weighted by Crippen LogP contribution is 2.29. The van der Waals surface area contributed by atoms with Gasteiger partial charge in [-0.15, -0.1) is 0 Å². The number of nitrogens with zero attached hydrogens (tertiary/aromatic N) is 1. The summed E-state index contributed by atoms with van der Waals surface area (Å²) in [7, 11) is 0. The zero-order valence-corrected chi connectivity index (χ0v) is 11.8. The molecule has 0 radical (unpaired) electrons. The standard InChI is InChI=1S/C16H17N3O2/c1-9-13(12-3-5-15(20)19-16(12)21)7-11-6-10(8-17)2-4-14(11)18-9/h2,4,6-7,12H,3,5,8,17H2,1H3,(H,19,20,21). The number of fused-ring (bicyclic) bond motifs is 1. The van der Waals surface area contributed by atoms with Crippen LogP contribution in [0.2, 0.25) is 0 Å². The molecule has 0 bridgehead atoms. The van der Waals surface area contributed by atoms with E-state index in [9.17, 15) is 9.59 Å². The van der Waals surface area contributed by atoms with Crippen molar-refractivity contribution >= 4 is 22.7 Å². The van der Waals surface area contributed by atoms with Gasteiger partial charge in [-0.25, -0.2) is 0 Å². The largest absolute Gasteiger partial charge is 0.326 e. The Morgan fingerprint density at radius 3 is 2.86 bits per heavy atom. The van der Waals surface area contributed by atoms with Crippen LogP contribution in [0.5, 0.6) is 0 Å². The summed E-state index contributed by atoms with van der Waals surface area (Å²) in [6, 6.07) is 7.90. The first-order valence-electron chi connectivity index (χ1n) is 7.02. The van der Waals surface area contributed by atoms with Crippen LogP contribution in [0.3, 0.4) is 0 Å². The van der Waals surface area contributed by atoms with Gasteiger partial charge in [0.05, 0.1) is 11.4 Å². The fraction of sp³-hybridized carbons (Fsp3) is 0.312. The number of nitrogens with two attached hydrogens (primary N) is 1. The van der Waals surface area contributed by atoms with Crippen molar-refractivity contribution < 1.29 is 9.59 Å². The molecule has 3 N–H and O–H groups in total. The van der Waals surface area contributed by atoms with Gasteiger partial charge < -0.3 is 5.73 Å². The maximum absolute atomic E-state index is 12.0. The van der Waals surface area contributed by atoms with Crippen molar-refractivity contribution in [2.75, 3.05) is 0 Å². The van der Waals surface area contributed by atoms with Crippen LogP contribution in [0.15, 0.2) is 24.3 Å². The number of carbonyl (C=O) groups excluding carboxylic acids is 2. The Kier molecular flexibility index (Phi) is 3.43. The molecule has 2 heterocycles. The quantitative estimate of drug-likeness (QED) is 0.818. The fourth-order valence-corrected chi connectivity index (χ4v) is 2.81. The Hall–Kier alpha value is -2.27. The minimum atomic E-state index is -0.305. The molecule has 21 heavy (non-hydrogen) atoms. The number of imide groups is 1. The predicted molar refractivity (Wildman–Crippen MR) is 79.5 cm³/mol. The summed E-state index contributed by atoms with van der Waals surface area (Å²) in [5.74, 6) is -0.736. The monoisotopic (exact) mass is 283 g/mol. The molecule has 1 saturated heterocycles. The molecule has 5 nitrogen and oxygen atoms in total. The first-order chi connectivity index (χ1) is 10.1. The molecule has 1 aliphatic heterocycles. The van der Waals surface area contributed by atoms with E-state index in [1.54, 1.807) is 0 Å². The molecule has 5 heteroatoms. The van der Waals surface area contributed by atoms with Crippen LogP contribution in [0.1, 0.15) is 35.6 Å². The van der Waals surface area contributed by atoms with E-state index in [0.29, 0.717) is 19.4 Å². The number of hydrogen-bond donors (Lipinski definition) is 2. The van der Waals surface area contributed by atoms with Gasteiger partial charge in [0.15, 0.2) is 0 Å². The summed E-state index contributed by atoms with van der Waals surface area (Å²) >= 11 is 0. The molecule has 1 fully saturated rings. The van der Waals surface area contributed by atoms with Gasteiger partial charge in [-0.2, -0.15) is 0 Å². The molecule has 2 aromatic rings. The molecule has 1 atom stereocenters. The molecule has 0 saturated carbocycles. The van der Waals surface area contributed by atoms with E-state index in [1.807, 2.05) is 31.2 Å². The lowest BCUT2D eigenvalue weighted by molar-refractivity contribution is -0.134. The van der Waals surface area contributed by atoms with Crippen molar-refractivity contribution in [3.8, 4) is 0 Å². The first kappa shape index (κ1) is 13.7. The van der Waals surface area contributed by atoms with Crippen molar-refractivity contribution in [1.82, 2.24) is 10.3 Å².